The van der Waals surface area contributed by atoms with E-state index in [0.717, 1.165) is 0 Å². The first kappa shape index (κ1) is 60.5. The van der Waals surface area contributed by atoms with E-state index in [1.165, 1.54) is 12.1 Å². The summed E-state index contributed by atoms with van der Waals surface area (Å²) in [5.41, 5.74) is 1.05. The molecule has 0 saturated heterocycles. The van der Waals surface area contributed by atoms with Crippen molar-refractivity contribution in [3.8, 4) is 0 Å². The largest absolute Gasteiger partial charge is 0.481 e. The molecule has 0 radical (unpaired) electrons. The number of aliphatic carboxylic acids is 3. The molecule has 0 aliphatic rings. The van der Waals surface area contributed by atoms with Gasteiger partial charge in [-0.05, 0) is 62.1 Å². The van der Waals surface area contributed by atoms with Gasteiger partial charge in [-0.1, -0.05) is 54.6 Å². The number of amides is 2. The Morgan fingerprint density at radius 3 is 1.15 bits per heavy atom. The SMILES string of the molecule is O=C(O)CCCC(=O)CC(CC(=O)O)C(=O)NCCCOCCOC(=O)c1ccccc1.O=C(O)CCCC(=O)CC(CC(=O)OC(=O)c1ccccc1)C(=O)NCCCOCCOC(=O)c1ccccc1. The predicted octanol–water partition coefficient (Wildman–Crippen LogP) is 4.64. The molecule has 72 heavy (non-hydrogen) atoms. The number of hydrogen-bond donors (Lipinski definition) is 5. The molecule has 0 saturated carbocycles. The highest BCUT2D eigenvalue weighted by Crippen LogP contribution is 2.16. The number of carboxylic acid groups (broad SMARTS) is 3. The third kappa shape index (κ3) is 28.7. The highest BCUT2D eigenvalue weighted by molar-refractivity contribution is 5.98. The summed E-state index contributed by atoms with van der Waals surface area (Å²) in [6.45, 7) is 1.48. The predicted molar refractivity (Wildman–Crippen MR) is 253 cm³/mol. The van der Waals surface area contributed by atoms with Crippen LogP contribution in [-0.2, 0) is 62.0 Å². The smallest absolute Gasteiger partial charge is 0.345 e. The highest BCUT2D eigenvalue weighted by atomic mass is 16.6. The van der Waals surface area contributed by atoms with Gasteiger partial charge in [-0.25, -0.2) is 14.4 Å². The normalized spacial score (nSPS) is 11.3. The van der Waals surface area contributed by atoms with Crippen LogP contribution < -0.4 is 10.6 Å². The maximum atomic E-state index is 12.7. The lowest BCUT2D eigenvalue weighted by atomic mass is 9.95. The molecule has 2 amide bonds. The summed E-state index contributed by atoms with van der Waals surface area (Å²) in [6.07, 6.45) is -0.851. The maximum Gasteiger partial charge on any atom is 0.345 e. The summed E-state index contributed by atoms with van der Waals surface area (Å²) in [6, 6.07) is 24.9. The van der Waals surface area contributed by atoms with Crippen LogP contribution in [0, 0.1) is 11.8 Å². The van der Waals surface area contributed by atoms with Crippen molar-refractivity contribution >= 4 is 65.2 Å². The fraction of sp³-hybridized carbons (Fsp3) is 0.431. The molecule has 0 bridgehead atoms. The summed E-state index contributed by atoms with van der Waals surface area (Å²) in [4.78, 5) is 130. The van der Waals surface area contributed by atoms with Crippen molar-refractivity contribution in [2.24, 2.45) is 11.8 Å². The Balaban J connectivity index is 0.000000506. The lowest BCUT2D eigenvalue weighted by Crippen LogP contribution is -2.35. The Kier molecular flexibility index (Phi) is 30.5. The summed E-state index contributed by atoms with van der Waals surface area (Å²) >= 11 is 0. The number of carboxylic acids is 3. The zero-order chi connectivity index (χ0) is 52.9. The second-order valence-electron chi connectivity index (χ2n) is 15.8. The summed E-state index contributed by atoms with van der Waals surface area (Å²) in [7, 11) is 0. The molecule has 21 heteroatoms. The van der Waals surface area contributed by atoms with Crippen molar-refractivity contribution in [2.45, 2.75) is 77.0 Å². The molecule has 0 aliphatic heterocycles. The Morgan fingerprint density at radius 1 is 0.403 bits per heavy atom. The topological polar surface area (TPSA) is 319 Å². The molecule has 0 heterocycles. The standard InChI is InChI=1S/C29H33NO10.C22H29NO9/c31-24(13-7-14-25(32)33)19-23(20-26(34)40-29(37)22-11-5-2-6-12-22)27(35)30-15-8-16-38-17-18-39-28(36)21-9-3-1-4-10-21;24-18(8-4-9-19(25)26)14-17(15-20(27)28)21(29)23-10-5-11-31-12-13-32-22(30)16-6-2-1-3-7-16/h1-6,9-12,23H,7-8,13-20H2,(H,30,35)(H,32,33);1-3,6-7,17H,4-5,8-15H2,(H,23,29)(H,25,26)(H,27,28). The van der Waals surface area contributed by atoms with E-state index in [9.17, 15) is 52.7 Å². The van der Waals surface area contributed by atoms with E-state index >= 15 is 0 Å². The van der Waals surface area contributed by atoms with Crippen molar-refractivity contribution in [3.63, 3.8) is 0 Å². The van der Waals surface area contributed by atoms with Gasteiger partial charge in [0, 0.05) is 64.8 Å². The van der Waals surface area contributed by atoms with Crippen LogP contribution in [0.4, 0.5) is 0 Å². The molecule has 390 valence electrons. The van der Waals surface area contributed by atoms with Gasteiger partial charge in [0.25, 0.3) is 0 Å². The first-order valence-corrected chi connectivity index (χ1v) is 23.2. The Hall–Kier alpha value is -7.65. The molecule has 5 N–H and O–H groups in total. The third-order valence-electron chi connectivity index (χ3n) is 9.90. The van der Waals surface area contributed by atoms with Gasteiger partial charge in [0.2, 0.25) is 11.8 Å². The molecule has 0 aliphatic carbocycles. The second-order valence-corrected chi connectivity index (χ2v) is 15.8. The first-order valence-electron chi connectivity index (χ1n) is 23.2. The van der Waals surface area contributed by atoms with Gasteiger partial charge in [-0.3, -0.25) is 38.4 Å². The van der Waals surface area contributed by atoms with Crippen LogP contribution in [-0.4, -0.2) is 133 Å². The third-order valence-corrected chi connectivity index (χ3v) is 9.90. The minimum absolute atomic E-state index is 0.0155. The van der Waals surface area contributed by atoms with Gasteiger partial charge in [0.15, 0.2) is 0 Å². The molecular formula is C51H62N2O19. The van der Waals surface area contributed by atoms with Gasteiger partial charge >= 0.3 is 41.8 Å². The van der Waals surface area contributed by atoms with Crippen molar-refractivity contribution in [2.75, 3.05) is 52.7 Å². The zero-order valence-electron chi connectivity index (χ0n) is 39.8. The number of hydrogen-bond acceptors (Lipinski definition) is 16. The van der Waals surface area contributed by atoms with Crippen LogP contribution >= 0.6 is 0 Å². The fourth-order valence-corrected chi connectivity index (χ4v) is 6.30. The number of carbonyl (C=O) groups excluding carboxylic acids is 8. The number of ketones is 2. The lowest BCUT2D eigenvalue weighted by Gasteiger charge is -2.16. The maximum absolute atomic E-state index is 12.7. The lowest BCUT2D eigenvalue weighted by molar-refractivity contribution is -0.143. The minimum Gasteiger partial charge on any atom is -0.481 e. The van der Waals surface area contributed by atoms with Gasteiger partial charge in [0.1, 0.15) is 24.8 Å². The number of ether oxygens (including phenoxy) is 5. The average Bonchev–Trinajstić information content (AvgIpc) is 3.35. The molecule has 0 spiro atoms. The fourth-order valence-electron chi connectivity index (χ4n) is 6.30. The monoisotopic (exact) mass is 1010 g/mol. The summed E-state index contributed by atoms with van der Waals surface area (Å²) < 4.78 is 25.7. The van der Waals surface area contributed by atoms with E-state index in [4.69, 9.17) is 39.0 Å². The van der Waals surface area contributed by atoms with Crippen LogP contribution in [0.25, 0.3) is 0 Å². The molecule has 3 aromatic rings. The van der Waals surface area contributed by atoms with Crippen LogP contribution in [0.1, 0.15) is 108 Å². The molecular weight excluding hydrogens is 945 g/mol. The average molecular weight is 1010 g/mol. The van der Waals surface area contributed by atoms with E-state index in [2.05, 4.69) is 10.6 Å². The van der Waals surface area contributed by atoms with Crippen LogP contribution in [0.5, 0.6) is 0 Å². The minimum atomic E-state index is -1.20. The van der Waals surface area contributed by atoms with Crippen molar-refractivity contribution in [3.05, 3.63) is 108 Å². The van der Waals surface area contributed by atoms with Gasteiger partial charge < -0.3 is 49.6 Å². The number of nitrogens with one attached hydrogen (secondary N) is 2. The molecule has 3 aromatic carbocycles. The summed E-state index contributed by atoms with van der Waals surface area (Å²) in [5, 5.41) is 31.5. The quantitative estimate of drug-likeness (QED) is 0.0232. The first-order chi connectivity index (χ1) is 34.5. The zero-order valence-corrected chi connectivity index (χ0v) is 39.8. The molecule has 2 atom stereocenters. The molecule has 2 unspecified atom stereocenters. The molecule has 3 rings (SSSR count). The Bertz CT molecular complexity index is 2200. The van der Waals surface area contributed by atoms with E-state index < -0.39 is 78.3 Å². The van der Waals surface area contributed by atoms with E-state index in [0.29, 0.717) is 30.6 Å². The van der Waals surface area contributed by atoms with Crippen molar-refractivity contribution in [1.82, 2.24) is 10.6 Å². The van der Waals surface area contributed by atoms with Crippen LogP contribution in [0.15, 0.2) is 91.0 Å². The van der Waals surface area contributed by atoms with E-state index in [1.54, 1.807) is 78.9 Å². The Labute approximate surface area is 415 Å². The molecule has 0 aromatic heterocycles. The van der Waals surface area contributed by atoms with Gasteiger partial charge in [-0.2, -0.15) is 0 Å². The highest BCUT2D eigenvalue weighted by Gasteiger charge is 2.27. The molecule has 0 fully saturated rings. The number of carbonyl (C=O) groups is 11. The van der Waals surface area contributed by atoms with Crippen molar-refractivity contribution < 1.29 is 91.7 Å². The second kappa shape index (κ2) is 36.3. The Morgan fingerprint density at radius 2 is 0.778 bits per heavy atom. The van der Waals surface area contributed by atoms with Crippen molar-refractivity contribution in [1.29, 1.82) is 0 Å². The number of benzene rings is 3. The number of rotatable bonds is 35. The van der Waals surface area contributed by atoms with E-state index in [-0.39, 0.29) is 115 Å². The van der Waals surface area contributed by atoms with Crippen LogP contribution in [0.2, 0.25) is 0 Å². The van der Waals surface area contributed by atoms with Gasteiger partial charge in [0.05, 0.1) is 54.6 Å². The molecule has 21 nitrogen and oxygen atoms in total. The van der Waals surface area contributed by atoms with Gasteiger partial charge in [-0.15, -0.1) is 0 Å². The number of Topliss-reactive ketones (excluding diaryl/α,β-unsaturated/α-hetero) is 2. The van der Waals surface area contributed by atoms with Crippen LogP contribution in [0.3, 0.4) is 0 Å². The number of esters is 4. The van der Waals surface area contributed by atoms with E-state index in [1.807, 2.05) is 0 Å². The summed E-state index contributed by atoms with van der Waals surface area (Å²) in [5.74, 6) is -9.93.